The van der Waals surface area contributed by atoms with Crippen molar-refractivity contribution in [3.8, 4) is 0 Å². The minimum atomic E-state index is -0.781. The van der Waals surface area contributed by atoms with Crippen LogP contribution in [0.15, 0.2) is 25.0 Å². The number of carbonyl (C=O) groups is 1. The Bertz CT molecular complexity index is 367. The Morgan fingerprint density at radius 1 is 1.29 bits per heavy atom. The second kappa shape index (κ2) is 8.26. The first-order chi connectivity index (χ1) is 9.58. The van der Waals surface area contributed by atoms with Gasteiger partial charge in [-0.25, -0.2) is 0 Å². The fourth-order valence-electron chi connectivity index (χ4n) is 3.54. The van der Waals surface area contributed by atoms with Gasteiger partial charge in [-0.3, -0.25) is 4.79 Å². The van der Waals surface area contributed by atoms with E-state index in [2.05, 4.69) is 27.0 Å². The Labute approximate surface area is 130 Å². The van der Waals surface area contributed by atoms with E-state index in [9.17, 15) is 9.90 Å². The maximum atomic E-state index is 11.2. The summed E-state index contributed by atoms with van der Waals surface area (Å²) in [5, 5.41) is 9.21. The summed E-state index contributed by atoms with van der Waals surface area (Å²) < 4.78 is 5.66. The zero-order chi connectivity index (χ0) is 16.7. The standard InChI is InChI=1S/C18H32O3/c1-8-10-11-12-17(4,5)16(14(3)21-9-2)18(6,7)13-15(19)20/h8,16H,1,3,9-13H2,2,4-7H3,(H,19,20). The highest BCUT2D eigenvalue weighted by Crippen LogP contribution is 2.49. The third kappa shape index (κ3) is 6.36. The molecule has 0 saturated carbocycles. The highest BCUT2D eigenvalue weighted by Gasteiger charge is 2.44. The second-order valence-corrected chi connectivity index (χ2v) is 7.06. The predicted molar refractivity (Wildman–Crippen MR) is 88.1 cm³/mol. The minimum Gasteiger partial charge on any atom is -0.499 e. The molecule has 0 amide bonds. The monoisotopic (exact) mass is 296 g/mol. The van der Waals surface area contributed by atoms with Crippen LogP contribution in [-0.2, 0) is 9.53 Å². The second-order valence-electron chi connectivity index (χ2n) is 7.06. The molecule has 1 unspecified atom stereocenters. The van der Waals surface area contributed by atoms with E-state index >= 15 is 0 Å². The number of hydrogen-bond donors (Lipinski definition) is 1. The summed E-state index contributed by atoms with van der Waals surface area (Å²) in [7, 11) is 0. The molecule has 3 heteroatoms. The molecule has 0 aromatic rings. The molecule has 0 aliphatic carbocycles. The third-order valence-electron chi connectivity index (χ3n) is 4.05. The minimum absolute atomic E-state index is 0.00846. The van der Waals surface area contributed by atoms with Gasteiger partial charge in [0.05, 0.1) is 18.8 Å². The number of rotatable bonds is 11. The van der Waals surface area contributed by atoms with E-state index in [0.29, 0.717) is 12.4 Å². The molecule has 0 rings (SSSR count). The Morgan fingerprint density at radius 3 is 2.29 bits per heavy atom. The van der Waals surface area contributed by atoms with E-state index in [1.165, 1.54) is 0 Å². The zero-order valence-electron chi connectivity index (χ0n) is 14.4. The van der Waals surface area contributed by atoms with Crippen molar-refractivity contribution in [1.82, 2.24) is 0 Å². The normalized spacial score (nSPS) is 13.6. The van der Waals surface area contributed by atoms with Crippen LogP contribution in [0.4, 0.5) is 0 Å². The van der Waals surface area contributed by atoms with Gasteiger partial charge in [0.25, 0.3) is 0 Å². The number of hydrogen-bond acceptors (Lipinski definition) is 2. The molecule has 0 aliphatic heterocycles. The molecule has 1 N–H and O–H groups in total. The molecular formula is C18H32O3. The highest BCUT2D eigenvalue weighted by molar-refractivity contribution is 5.67. The van der Waals surface area contributed by atoms with Crippen LogP contribution in [0.5, 0.6) is 0 Å². The zero-order valence-corrected chi connectivity index (χ0v) is 14.4. The Morgan fingerprint density at radius 2 is 1.86 bits per heavy atom. The first-order valence-electron chi connectivity index (χ1n) is 7.72. The summed E-state index contributed by atoms with van der Waals surface area (Å²) >= 11 is 0. The van der Waals surface area contributed by atoms with Crippen molar-refractivity contribution < 1.29 is 14.6 Å². The van der Waals surface area contributed by atoms with E-state index in [1.54, 1.807) is 0 Å². The van der Waals surface area contributed by atoms with Crippen molar-refractivity contribution in [2.24, 2.45) is 16.7 Å². The molecule has 0 heterocycles. The van der Waals surface area contributed by atoms with Gasteiger partial charge in [-0.1, -0.05) is 40.3 Å². The van der Waals surface area contributed by atoms with Gasteiger partial charge >= 0.3 is 5.97 Å². The van der Waals surface area contributed by atoms with Gasteiger partial charge in [-0.05, 0) is 37.0 Å². The molecule has 0 saturated heterocycles. The highest BCUT2D eigenvalue weighted by atomic mass is 16.5. The molecule has 0 fully saturated rings. The lowest BCUT2D eigenvalue weighted by Gasteiger charge is -2.44. The quantitative estimate of drug-likeness (QED) is 0.330. The van der Waals surface area contributed by atoms with Crippen molar-refractivity contribution in [3.05, 3.63) is 25.0 Å². The van der Waals surface area contributed by atoms with E-state index in [-0.39, 0.29) is 17.8 Å². The van der Waals surface area contributed by atoms with Gasteiger partial charge in [0, 0.05) is 5.92 Å². The number of carboxylic acid groups (broad SMARTS) is 1. The molecule has 3 nitrogen and oxygen atoms in total. The van der Waals surface area contributed by atoms with Crippen molar-refractivity contribution in [2.45, 2.75) is 60.3 Å². The molecule has 0 bridgehead atoms. The van der Waals surface area contributed by atoms with Gasteiger partial charge < -0.3 is 9.84 Å². The Kier molecular flexibility index (Phi) is 7.76. The molecule has 0 aromatic carbocycles. The van der Waals surface area contributed by atoms with Crippen LogP contribution in [0.25, 0.3) is 0 Å². The van der Waals surface area contributed by atoms with E-state index in [1.807, 2.05) is 26.8 Å². The molecular weight excluding hydrogens is 264 g/mol. The predicted octanol–water partition coefficient (Wildman–Crippen LogP) is 5.04. The average Bonchev–Trinajstić information content (AvgIpc) is 2.26. The van der Waals surface area contributed by atoms with Crippen LogP contribution < -0.4 is 0 Å². The maximum Gasteiger partial charge on any atom is 0.303 e. The van der Waals surface area contributed by atoms with E-state index in [4.69, 9.17) is 4.74 Å². The lowest BCUT2D eigenvalue weighted by molar-refractivity contribution is -0.141. The maximum absolute atomic E-state index is 11.2. The number of carboxylic acids is 1. The van der Waals surface area contributed by atoms with Crippen LogP contribution in [0.1, 0.15) is 60.3 Å². The van der Waals surface area contributed by atoms with Crippen LogP contribution in [-0.4, -0.2) is 17.7 Å². The van der Waals surface area contributed by atoms with Crippen molar-refractivity contribution in [3.63, 3.8) is 0 Å². The summed E-state index contributed by atoms with van der Waals surface area (Å²) in [6.07, 6.45) is 5.02. The average molecular weight is 296 g/mol. The lowest BCUT2D eigenvalue weighted by Crippen LogP contribution is -2.39. The molecule has 1 atom stereocenters. The number of unbranched alkanes of at least 4 members (excludes halogenated alkanes) is 1. The lowest BCUT2D eigenvalue weighted by atomic mass is 9.61. The first-order valence-corrected chi connectivity index (χ1v) is 7.72. The van der Waals surface area contributed by atoms with Crippen LogP contribution in [0.3, 0.4) is 0 Å². The Balaban J connectivity index is 5.33. The van der Waals surface area contributed by atoms with Crippen LogP contribution in [0.2, 0.25) is 0 Å². The largest absolute Gasteiger partial charge is 0.499 e. The smallest absolute Gasteiger partial charge is 0.303 e. The van der Waals surface area contributed by atoms with Gasteiger partial charge in [-0.15, -0.1) is 6.58 Å². The van der Waals surface area contributed by atoms with Crippen LogP contribution >= 0.6 is 0 Å². The number of aliphatic carboxylic acids is 1. The topological polar surface area (TPSA) is 46.5 Å². The molecule has 0 spiro atoms. The molecule has 122 valence electrons. The van der Waals surface area contributed by atoms with Gasteiger partial charge in [0.15, 0.2) is 0 Å². The van der Waals surface area contributed by atoms with Crippen molar-refractivity contribution in [1.29, 1.82) is 0 Å². The SMILES string of the molecule is C=CCCCC(C)(C)C(C(=C)OCC)C(C)(C)CC(=O)O. The summed E-state index contributed by atoms with van der Waals surface area (Å²) in [5.74, 6) is -0.0885. The van der Waals surface area contributed by atoms with Gasteiger partial charge in [0.2, 0.25) is 0 Å². The van der Waals surface area contributed by atoms with Crippen molar-refractivity contribution >= 4 is 5.97 Å². The molecule has 0 aliphatic rings. The van der Waals surface area contributed by atoms with Gasteiger partial charge in [-0.2, -0.15) is 0 Å². The molecule has 0 radical (unpaired) electrons. The third-order valence-corrected chi connectivity index (χ3v) is 4.05. The molecule has 0 aromatic heterocycles. The summed E-state index contributed by atoms with van der Waals surface area (Å²) in [5.41, 5.74) is -0.482. The molecule has 21 heavy (non-hydrogen) atoms. The first kappa shape index (κ1) is 19.8. The van der Waals surface area contributed by atoms with Gasteiger partial charge in [0.1, 0.15) is 0 Å². The van der Waals surface area contributed by atoms with E-state index in [0.717, 1.165) is 19.3 Å². The number of allylic oxidation sites excluding steroid dienone is 2. The van der Waals surface area contributed by atoms with Crippen molar-refractivity contribution in [2.75, 3.05) is 6.61 Å². The number of ether oxygens (including phenoxy) is 1. The van der Waals surface area contributed by atoms with Crippen LogP contribution in [0, 0.1) is 16.7 Å². The fourth-order valence-corrected chi connectivity index (χ4v) is 3.54. The summed E-state index contributed by atoms with van der Waals surface area (Å²) in [6, 6.07) is 0. The summed E-state index contributed by atoms with van der Waals surface area (Å²) in [6.45, 7) is 18.7. The van der Waals surface area contributed by atoms with E-state index < -0.39 is 11.4 Å². The summed E-state index contributed by atoms with van der Waals surface area (Å²) in [4.78, 5) is 11.2. The Hall–Kier alpha value is -1.25. The fraction of sp³-hybridized carbons (Fsp3) is 0.722.